The fourth-order valence-electron chi connectivity index (χ4n) is 3.37. The summed E-state index contributed by atoms with van der Waals surface area (Å²) in [6.45, 7) is 3.35. The van der Waals surface area contributed by atoms with Crippen LogP contribution in [0.5, 0.6) is 0 Å². The largest absolute Gasteiger partial charge is 0.345 e. The zero-order chi connectivity index (χ0) is 18.2. The summed E-state index contributed by atoms with van der Waals surface area (Å²) < 4.78 is 28.2. The highest BCUT2D eigenvalue weighted by Gasteiger charge is 2.30. The molecule has 0 spiro atoms. The Morgan fingerprint density at radius 3 is 2.68 bits per heavy atom. The van der Waals surface area contributed by atoms with Gasteiger partial charge in [-0.15, -0.1) is 0 Å². The van der Waals surface area contributed by atoms with E-state index in [1.54, 1.807) is 11.6 Å². The quantitative estimate of drug-likeness (QED) is 0.813. The molecule has 8 heteroatoms. The first-order valence-electron chi connectivity index (χ1n) is 8.40. The number of aryl methyl sites for hydroxylation is 1. The average molecular weight is 364 g/mol. The third kappa shape index (κ3) is 3.69. The molecule has 1 aliphatic rings. The van der Waals surface area contributed by atoms with E-state index in [0.717, 1.165) is 24.0 Å². The maximum atomic E-state index is 12.6. The molecule has 0 radical (unpaired) electrons. The van der Waals surface area contributed by atoms with Crippen LogP contribution in [0.1, 0.15) is 35.7 Å². The second-order valence-corrected chi connectivity index (χ2v) is 8.73. The van der Waals surface area contributed by atoms with Crippen molar-refractivity contribution < 1.29 is 8.42 Å². The van der Waals surface area contributed by atoms with Gasteiger partial charge in [-0.2, -0.15) is 5.10 Å². The van der Waals surface area contributed by atoms with E-state index in [2.05, 4.69) is 5.10 Å². The minimum absolute atomic E-state index is 0.0562. The summed E-state index contributed by atoms with van der Waals surface area (Å²) in [4.78, 5) is 12.6. The van der Waals surface area contributed by atoms with Gasteiger partial charge in [0.2, 0.25) is 10.0 Å². The number of sulfonamides is 1. The first kappa shape index (κ1) is 17.9. The standard InChI is InChI=1S/C17H24N4O3S/c1-13-7-4-5-8-14(13)12-21-17(22)19(2)16(18-21)15-9-6-10-20(11-15)25(3,23)24/h4-5,7-8,15H,6,9-12H2,1-3H3/t15-/m0/s1. The third-order valence-corrected chi connectivity index (χ3v) is 6.14. The lowest BCUT2D eigenvalue weighted by atomic mass is 9.99. The smallest absolute Gasteiger partial charge is 0.282 e. The summed E-state index contributed by atoms with van der Waals surface area (Å²) in [7, 11) is -1.52. The predicted octanol–water partition coefficient (Wildman–Crippen LogP) is 1.08. The van der Waals surface area contributed by atoms with Gasteiger partial charge in [0.15, 0.2) is 0 Å². The minimum Gasteiger partial charge on any atom is -0.282 e. The molecule has 7 nitrogen and oxygen atoms in total. The molecular weight excluding hydrogens is 340 g/mol. The highest BCUT2D eigenvalue weighted by atomic mass is 32.2. The lowest BCUT2D eigenvalue weighted by Crippen LogP contribution is -2.39. The Morgan fingerprint density at radius 1 is 1.28 bits per heavy atom. The molecule has 1 aromatic heterocycles. The number of piperidine rings is 1. The SMILES string of the molecule is Cc1ccccc1Cn1nc([C@H]2CCCN(S(C)(=O)=O)C2)n(C)c1=O. The molecule has 1 fully saturated rings. The molecule has 2 aromatic rings. The van der Waals surface area contributed by atoms with E-state index < -0.39 is 10.0 Å². The van der Waals surface area contributed by atoms with Crippen molar-refractivity contribution in [2.45, 2.75) is 32.2 Å². The molecule has 0 saturated carbocycles. The van der Waals surface area contributed by atoms with Gasteiger partial charge in [-0.05, 0) is 30.9 Å². The lowest BCUT2D eigenvalue weighted by molar-refractivity contribution is 0.307. The van der Waals surface area contributed by atoms with Crippen LogP contribution in [0.4, 0.5) is 0 Å². The zero-order valence-corrected chi connectivity index (χ0v) is 15.7. The van der Waals surface area contributed by atoms with Gasteiger partial charge in [0.1, 0.15) is 5.82 Å². The van der Waals surface area contributed by atoms with E-state index in [1.807, 2.05) is 31.2 Å². The summed E-state index contributed by atoms with van der Waals surface area (Å²) in [6.07, 6.45) is 2.84. The van der Waals surface area contributed by atoms with Gasteiger partial charge in [-0.25, -0.2) is 22.2 Å². The Hall–Kier alpha value is -1.93. The van der Waals surface area contributed by atoms with Gasteiger partial charge in [-0.1, -0.05) is 24.3 Å². The molecule has 1 atom stereocenters. The Balaban J connectivity index is 1.89. The van der Waals surface area contributed by atoms with Crippen molar-refractivity contribution in [1.29, 1.82) is 0 Å². The molecule has 0 unspecified atom stereocenters. The maximum absolute atomic E-state index is 12.6. The first-order valence-corrected chi connectivity index (χ1v) is 10.3. The number of hydrogen-bond acceptors (Lipinski definition) is 4. The van der Waals surface area contributed by atoms with Crippen LogP contribution in [0.3, 0.4) is 0 Å². The van der Waals surface area contributed by atoms with E-state index in [0.29, 0.717) is 25.5 Å². The monoisotopic (exact) mass is 364 g/mol. The molecule has 1 saturated heterocycles. The van der Waals surface area contributed by atoms with Crippen LogP contribution in [0.25, 0.3) is 0 Å². The fourth-order valence-corrected chi connectivity index (χ4v) is 4.28. The second kappa shape index (κ2) is 6.76. The van der Waals surface area contributed by atoms with Gasteiger partial charge >= 0.3 is 5.69 Å². The van der Waals surface area contributed by atoms with Crippen molar-refractivity contribution in [1.82, 2.24) is 18.7 Å². The summed E-state index contributed by atoms with van der Waals surface area (Å²) in [5.74, 6) is 0.603. The summed E-state index contributed by atoms with van der Waals surface area (Å²) >= 11 is 0. The molecule has 25 heavy (non-hydrogen) atoms. The average Bonchev–Trinajstić information content (AvgIpc) is 2.85. The van der Waals surface area contributed by atoms with Gasteiger partial charge in [0.25, 0.3) is 0 Å². The van der Waals surface area contributed by atoms with Crippen molar-refractivity contribution in [2.24, 2.45) is 7.05 Å². The van der Waals surface area contributed by atoms with Crippen LogP contribution in [0.2, 0.25) is 0 Å². The van der Waals surface area contributed by atoms with Crippen molar-refractivity contribution in [2.75, 3.05) is 19.3 Å². The molecule has 1 aromatic carbocycles. The van der Waals surface area contributed by atoms with Gasteiger partial charge in [0.05, 0.1) is 12.8 Å². The normalized spacial score (nSPS) is 19.2. The predicted molar refractivity (Wildman–Crippen MR) is 96.1 cm³/mol. The molecular formula is C17H24N4O3S. The highest BCUT2D eigenvalue weighted by Crippen LogP contribution is 2.26. The zero-order valence-electron chi connectivity index (χ0n) is 14.8. The van der Waals surface area contributed by atoms with E-state index in [-0.39, 0.29) is 11.6 Å². The van der Waals surface area contributed by atoms with Crippen LogP contribution in [-0.2, 0) is 23.6 Å². The van der Waals surface area contributed by atoms with E-state index >= 15 is 0 Å². The van der Waals surface area contributed by atoms with E-state index in [4.69, 9.17) is 0 Å². The summed E-state index contributed by atoms with van der Waals surface area (Å²) in [5.41, 5.74) is 1.99. The first-order chi connectivity index (χ1) is 11.8. The van der Waals surface area contributed by atoms with Gasteiger partial charge in [0, 0.05) is 26.1 Å². The number of aromatic nitrogens is 3. The Labute approximate surface area is 147 Å². The van der Waals surface area contributed by atoms with Crippen LogP contribution in [-0.4, -0.2) is 46.4 Å². The molecule has 0 bridgehead atoms. The second-order valence-electron chi connectivity index (χ2n) is 6.74. The Morgan fingerprint density at radius 2 is 2.00 bits per heavy atom. The van der Waals surface area contributed by atoms with E-state index in [1.165, 1.54) is 15.2 Å². The number of hydrogen-bond donors (Lipinski definition) is 0. The van der Waals surface area contributed by atoms with Crippen LogP contribution in [0.15, 0.2) is 29.1 Å². The van der Waals surface area contributed by atoms with Crippen LogP contribution >= 0.6 is 0 Å². The van der Waals surface area contributed by atoms with Crippen molar-refractivity contribution in [3.05, 3.63) is 51.7 Å². The molecule has 0 N–H and O–H groups in total. The third-order valence-electron chi connectivity index (χ3n) is 4.87. The van der Waals surface area contributed by atoms with Crippen molar-refractivity contribution in [3.63, 3.8) is 0 Å². The van der Waals surface area contributed by atoms with Crippen molar-refractivity contribution in [3.8, 4) is 0 Å². The summed E-state index contributed by atoms with van der Waals surface area (Å²) in [6, 6.07) is 7.91. The molecule has 136 valence electrons. The molecule has 1 aliphatic heterocycles. The Kier molecular flexibility index (Phi) is 4.83. The number of benzene rings is 1. The van der Waals surface area contributed by atoms with Crippen LogP contribution < -0.4 is 5.69 Å². The molecule has 2 heterocycles. The number of rotatable bonds is 4. The van der Waals surface area contributed by atoms with Crippen molar-refractivity contribution >= 4 is 10.0 Å². The topological polar surface area (TPSA) is 77.2 Å². The molecule has 0 amide bonds. The lowest BCUT2D eigenvalue weighted by Gasteiger charge is -2.30. The van der Waals surface area contributed by atoms with Gasteiger partial charge < -0.3 is 0 Å². The Bertz CT molecular complexity index is 930. The molecule has 0 aliphatic carbocycles. The highest BCUT2D eigenvalue weighted by molar-refractivity contribution is 7.88. The number of nitrogens with zero attached hydrogens (tertiary/aromatic N) is 4. The van der Waals surface area contributed by atoms with E-state index in [9.17, 15) is 13.2 Å². The van der Waals surface area contributed by atoms with Crippen LogP contribution in [0, 0.1) is 6.92 Å². The molecule has 3 rings (SSSR count). The summed E-state index contributed by atoms with van der Waals surface area (Å²) in [5, 5.41) is 4.53. The minimum atomic E-state index is -3.23. The maximum Gasteiger partial charge on any atom is 0.345 e. The fraction of sp³-hybridized carbons (Fsp3) is 0.529. The van der Waals surface area contributed by atoms with Gasteiger partial charge in [-0.3, -0.25) is 4.57 Å².